The molecule has 2 unspecified atom stereocenters. The normalized spacial score (nSPS) is 38.8. The summed E-state index contributed by atoms with van der Waals surface area (Å²) in [7, 11) is 2.23. The van der Waals surface area contributed by atoms with Crippen LogP contribution in [-0.2, 0) is 0 Å². The minimum Gasteiger partial charge on any atom is -0.359 e. The molecule has 3 aliphatic rings. The first-order chi connectivity index (χ1) is 9.99. The van der Waals surface area contributed by atoms with Crippen molar-refractivity contribution in [1.29, 1.82) is 0 Å². The number of amidine groups is 1. The lowest BCUT2D eigenvalue weighted by atomic mass is 9.78. The van der Waals surface area contributed by atoms with E-state index in [0.29, 0.717) is 11.0 Å². The maximum Gasteiger partial charge on any atom is 0.157 e. The first-order valence-electron chi connectivity index (χ1n) is 8.63. The smallest absolute Gasteiger partial charge is 0.157 e. The minimum absolute atomic E-state index is 0.370. The van der Waals surface area contributed by atoms with E-state index in [0.717, 1.165) is 12.5 Å². The van der Waals surface area contributed by atoms with Gasteiger partial charge in [0.15, 0.2) is 5.17 Å². The Morgan fingerprint density at radius 1 is 1.33 bits per heavy atom. The number of aliphatic imine (C=N–C) groups is 1. The molecule has 2 atom stereocenters. The third kappa shape index (κ3) is 3.76. The van der Waals surface area contributed by atoms with E-state index >= 15 is 0 Å². The lowest BCUT2D eigenvalue weighted by Gasteiger charge is -2.37. The largest absolute Gasteiger partial charge is 0.359 e. The van der Waals surface area contributed by atoms with E-state index in [-0.39, 0.29) is 0 Å². The van der Waals surface area contributed by atoms with Gasteiger partial charge < -0.3 is 10.2 Å². The van der Waals surface area contributed by atoms with Crippen molar-refractivity contribution >= 4 is 16.9 Å². The highest BCUT2D eigenvalue weighted by molar-refractivity contribution is 8.14. The lowest BCUT2D eigenvalue weighted by Crippen LogP contribution is -2.47. The third-order valence-corrected chi connectivity index (χ3v) is 6.95. The number of piperidine rings is 1. The summed E-state index contributed by atoms with van der Waals surface area (Å²) in [5.41, 5.74) is 0.784. The highest BCUT2D eigenvalue weighted by Gasteiger charge is 2.40. The summed E-state index contributed by atoms with van der Waals surface area (Å²) in [6.07, 6.45) is 8.03. The second-order valence-electron chi connectivity index (χ2n) is 8.13. The molecule has 2 aliphatic heterocycles. The van der Waals surface area contributed by atoms with Crippen LogP contribution in [0.2, 0.25) is 0 Å². The number of likely N-dealkylation sites (tertiary alicyclic amines) is 1. The van der Waals surface area contributed by atoms with Crippen LogP contribution in [0, 0.1) is 11.3 Å². The van der Waals surface area contributed by atoms with Crippen molar-refractivity contribution in [2.24, 2.45) is 16.3 Å². The van der Waals surface area contributed by atoms with Crippen molar-refractivity contribution in [3.8, 4) is 0 Å². The number of rotatable bonds is 2. The molecule has 3 fully saturated rings. The summed E-state index contributed by atoms with van der Waals surface area (Å²) in [5.74, 6) is 2.10. The van der Waals surface area contributed by atoms with Crippen molar-refractivity contribution in [3.63, 3.8) is 0 Å². The van der Waals surface area contributed by atoms with Crippen LogP contribution in [0.3, 0.4) is 0 Å². The van der Waals surface area contributed by atoms with Gasteiger partial charge in [0.25, 0.3) is 0 Å². The Balaban J connectivity index is 1.56. The molecule has 0 amide bonds. The molecule has 3 nitrogen and oxygen atoms in total. The summed E-state index contributed by atoms with van der Waals surface area (Å²) >= 11 is 1.97. The van der Waals surface area contributed by atoms with Crippen LogP contribution < -0.4 is 5.32 Å². The average molecular weight is 310 g/mol. The van der Waals surface area contributed by atoms with Gasteiger partial charge in [0.2, 0.25) is 0 Å². The fourth-order valence-electron chi connectivity index (χ4n) is 4.07. The molecule has 4 heteroatoms. The molecule has 1 aliphatic carbocycles. The summed E-state index contributed by atoms with van der Waals surface area (Å²) in [6, 6.07) is 0. The van der Waals surface area contributed by atoms with Gasteiger partial charge in [-0.2, -0.15) is 0 Å². The van der Waals surface area contributed by atoms with Gasteiger partial charge in [0.1, 0.15) is 0 Å². The highest BCUT2D eigenvalue weighted by Crippen LogP contribution is 2.39. The molecule has 120 valence electrons. The van der Waals surface area contributed by atoms with Gasteiger partial charge in [-0.1, -0.05) is 38.5 Å². The van der Waals surface area contributed by atoms with E-state index in [9.17, 15) is 0 Å². The number of hydrogen-bond acceptors (Lipinski definition) is 3. The molecule has 1 spiro atoms. The van der Waals surface area contributed by atoms with Crippen molar-refractivity contribution < 1.29 is 0 Å². The average Bonchev–Trinajstić information content (AvgIpc) is 2.83. The Kier molecular flexibility index (Phi) is 4.56. The summed E-state index contributed by atoms with van der Waals surface area (Å²) in [6.45, 7) is 8.28. The summed E-state index contributed by atoms with van der Waals surface area (Å²) < 4.78 is 0. The quantitative estimate of drug-likeness (QED) is 0.847. The van der Waals surface area contributed by atoms with Crippen molar-refractivity contribution in [2.75, 3.05) is 32.4 Å². The number of hydrogen-bond donors (Lipinski definition) is 1. The molecule has 0 aromatic rings. The zero-order valence-electron chi connectivity index (χ0n) is 14.0. The second kappa shape index (κ2) is 6.11. The van der Waals surface area contributed by atoms with Crippen LogP contribution >= 0.6 is 11.8 Å². The number of nitrogens with one attached hydrogen (secondary N) is 1. The number of nitrogens with zero attached hydrogens (tertiary/aromatic N) is 2. The minimum atomic E-state index is 0.370. The van der Waals surface area contributed by atoms with Crippen LogP contribution in [0.15, 0.2) is 4.99 Å². The van der Waals surface area contributed by atoms with Gasteiger partial charge in [-0.15, -0.1) is 0 Å². The molecule has 1 N–H and O–H groups in total. The van der Waals surface area contributed by atoms with E-state index in [2.05, 4.69) is 31.1 Å². The molecule has 3 rings (SSSR count). The van der Waals surface area contributed by atoms with E-state index in [1.807, 2.05) is 11.8 Å². The monoisotopic (exact) mass is 309 g/mol. The van der Waals surface area contributed by atoms with E-state index < -0.39 is 0 Å². The Bertz CT molecular complexity index is 401. The van der Waals surface area contributed by atoms with E-state index in [1.165, 1.54) is 62.5 Å². The van der Waals surface area contributed by atoms with Gasteiger partial charge in [-0.25, -0.2) is 0 Å². The van der Waals surface area contributed by atoms with E-state index in [1.54, 1.807) is 0 Å². The Morgan fingerprint density at radius 3 is 2.81 bits per heavy atom. The zero-order valence-corrected chi connectivity index (χ0v) is 14.8. The predicted molar refractivity (Wildman–Crippen MR) is 93.1 cm³/mol. The maximum absolute atomic E-state index is 4.97. The first-order valence-corrected chi connectivity index (χ1v) is 9.61. The van der Waals surface area contributed by atoms with Crippen LogP contribution in [0.25, 0.3) is 0 Å². The first kappa shape index (κ1) is 15.7. The molecule has 21 heavy (non-hydrogen) atoms. The highest BCUT2D eigenvalue weighted by atomic mass is 32.2. The fraction of sp³-hybridized carbons (Fsp3) is 0.941. The van der Waals surface area contributed by atoms with Crippen LogP contribution in [0.5, 0.6) is 0 Å². The summed E-state index contributed by atoms with van der Waals surface area (Å²) in [4.78, 5) is 7.41. The van der Waals surface area contributed by atoms with Gasteiger partial charge in [0.05, 0.1) is 0 Å². The molecule has 0 radical (unpaired) electrons. The predicted octanol–water partition coefficient (Wildman–Crippen LogP) is 3.36. The molecule has 0 bridgehead atoms. The molecular weight excluding hydrogens is 278 g/mol. The van der Waals surface area contributed by atoms with Crippen molar-refractivity contribution in [2.45, 2.75) is 57.9 Å². The lowest BCUT2D eigenvalue weighted by molar-refractivity contribution is 0.147. The zero-order chi connectivity index (χ0) is 14.9. The molecule has 1 saturated carbocycles. The van der Waals surface area contributed by atoms with Gasteiger partial charge in [-0.3, -0.25) is 4.99 Å². The molecule has 2 heterocycles. The summed E-state index contributed by atoms with van der Waals surface area (Å²) in [5, 5.41) is 5.03. The van der Waals surface area contributed by atoms with E-state index in [4.69, 9.17) is 4.99 Å². The Hall–Kier alpha value is -0.220. The van der Waals surface area contributed by atoms with Gasteiger partial charge in [0, 0.05) is 17.8 Å². The molecule has 2 saturated heterocycles. The second-order valence-corrected chi connectivity index (χ2v) is 9.09. The fourth-order valence-corrected chi connectivity index (χ4v) is 5.27. The molecule has 0 aromatic carbocycles. The Morgan fingerprint density at radius 2 is 2.10 bits per heavy atom. The number of thioether (sulfide) groups is 1. The van der Waals surface area contributed by atoms with Crippen LogP contribution in [0.1, 0.15) is 52.4 Å². The third-order valence-electron chi connectivity index (χ3n) is 5.75. The van der Waals surface area contributed by atoms with Crippen LogP contribution in [0.4, 0.5) is 0 Å². The standard InChI is InChI=1S/C17H31N3S/c1-14-5-4-6-17(11-14)13-21-15(19-17)18-12-16(2)7-9-20(3)10-8-16/h14H,4-13H2,1-3H3,(H,18,19). The SMILES string of the molecule is CC1CCCC2(CSC(=NCC3(C)CCN(C)CC3)N2)C1. The van der Waals surface area contributed by atoms with Crippen molar-refractivity contribution in [3.05, 3.63) is 0 Å². The van der Waals surface area contributed by atoms with Crippen molar-refractivity contribution in [1.82, 2.24) is 10.2 Å². The molecular formula is C17H31N3S. The molecule has 0 aromatic heterocycles. The van der Waals surface area contributed by atoms with Crippen LogP contribution in [-0.4, -0.2) is 48.0 Å². The maximum atomic E-state index is 4.97. The van der Waals surface area contributed by atoms with Gasteiger partial charge >= 0.3 is 0 Å². The van der Waals surface area contributed by atoms with Gasteiger partial charge in [-0.05, 0) is 57.2 Å². The topological polar surface area (TPSA) is 27.6 Å². The Labute approximate surface area is 134 Å².